The Labute approximate surface area is 261 Å². The van der Waals surface area contributed by atoms with Crippen LogP contribution in [0.4, 0.5) is 0 Å². The minimum Gasteiger partial charge on any atom is -0.507 e. The number of para-hydroxylation sites is 2. The van der Waals surface area contributed by atoms with Gasteiger partial charge in [0.25, 0.3) is 0 Å². The maximum Gasteiger partial charge on any atom is 0.149 e. The van der Waals surface area contributed by atoms with Gasteiger partial charge in [-0.3, -0.25) is 9.55 Å². The average Bonchev–Trinajstić information content (AvgIpc) is 3.40. The number of fused-ring (bicyclic) bond motifs is 1. The summed E-state index contributed by atoms with van der Waals surface area (Å²) in [4.78, 5) is 10.00. The number of phenols is 1. The Balaban J connectivity index is 1.71. The van der Waals surface area contributed by atoms with Crippen molar-refractivity contribution in [2.45, 2.75) is 65.7 Å². The van der Waals surface area contributed by atoms with Crippen molar-refractivity contribution in [3.05, 3.63) is 120 Å². The summed E-state index contributed by atoms with van der Waals surface area (Å²) in [6, 6.07) is 33.5. The number of benzene rings is 4. The van der Waals surface area contributed by atoms with Crippen molar-refractivity contribution < 1.29 is 5.11 Å². The molecule has 6 aromatic rings. The van der Waals surface area contributed by atoms with Gasteiger partial charge in [0.05, 0.1) is 28.0 Å². The molecule has 0 aliphatic rings. The summed E-state index contributed by atoms with van der Waals surface area (Å²) in [5, 5.41) is 11.4. The van der Waals surface area contributed by atoms with E-state index in [-0.39, 0.29) is 11.2 Å². The Morgan fingerprint density at radius 2 is 1.36 bits per heavy atom. The lowest BCUT2D eigenvalue weighted by molar-refractivity contribution is 0.475. The van der Waals surface area contributed by atoms with Gasteiger partial charge in [-0.2, -0.15) is 0 Å². The van der Waals surface area contributed by atoms with Gasteiger partial charge in [0.15, 0.2) is 0 Å². The zero-order valence-electron chi connectivity index (χ0n) is 26.8. The molecule has 0 saturated heterocycles. The summed E-state index contributed by atoms with van der Waals surface area (Å²) in [7, 11) is 0. The fourth-order valence-electron chi connectivity index (χ4n) is 6.07. The summed E-state index contributed by atoms with van der Waals surface area (Å²) in [6.07, 6.45) is 1.83. The number of rotatable bonds is 6. The van der Waals surface area contributed by atoms with Crippen molar-refractivity contribution in [1.29, 1.82) is 0 Å². The molecule has 6 rings (SSSR count). The monoisotopic (exact) mass is 579 g/mol. The van der Waals surface area contributed by atoms with Crippen LogP contribution in [0, 0.1) is 0 Å². The van der Waals surface area contributed by atoms with Gasteiger partial charge in [0, 0.05) is 17.3 Å². The van der Waals surface area contributed by atoms with E-state index in [9.17, 15) is 5.11 Å². The molecular weight excluding hydrogens is 538 g/mol. The third-order valence-electron chi connectivity index (χ3n) is 8.49. The highest BCUT2D eigenvalue weighted by Gasteiger charge is 2.26. The quantitative estimate of drug-likeness (QED) is 0.213. The van der Waals surface area contributed by atoms with Crippen LogP contribution in [0.5, 0.6) is 5.75 Å². The number of hydrogen-bond donors (Lipinski definition) is 1. The molecule has 0 radical (unpaired) electrons. The lowest BCUT2D eigenvalue weighted by atomic mass is 9.86. The minimum atomic E-state index is -0.0880. The Morgan fingerprint density at radius 3 is 2.02 bits per heavy atom. The van der Waals surface area contributed by atoms with Crippen molar-refractivity contribution in [1.82, 2.24) is 14.5 Å². The standard InChI is InChI=1S/C40H41N3O/c1-25(2)30-15-11-16-31(26(3)4)38(30)43-35-19-12-17-32(27-13-10-14-28(23-27)34-18-8-9-22-41-34)37(35)42-39(43)33-24-29(40(5,6)7)20-21-36(33)44/h8-26,44H,1-7H3. The predicted molar refractivity (Wildman–Crippen MR) is 184 cm³/mol. The first-order chi connectivity index (χ1) is 21.0. The Morgan fingerprint density at radius 1 is 0.682 bits per heavy atom. The van der Waals surface area contributed by atoms with E-state index in [1.165, 1.54) is 11.1 Å². The third kappa shape index (κ3) is 5.30. The molecule has 0 aliphatic heterocycles. The van der Waals surface area contributed by atoms with E-state index < -0.39 is 0 Å². The second-order valence-electron chi connectivity index (χ2n) is 13.3. The van der Waals surface area contributed by atoms with Crippen molar-refractivity contribution in [2.75, 3.05) is 0 Å². The summed E-state index contributed by atoms with van der Waals surface area (Å²) in [5.41, 5.74) is 11.5. The molecule has 0 aliphatic carbocycles. The van der Waals surface area contributed by atoms with Crippen LogP contribution in [0.2, 0.25) is 0 Å². The van der Waals surface area contributed by atoms with Crippen molar-refractivity contribution in [3.63, 3.8) is 0 Å². The molecule has 0 atom stereocenters. The highest BCUT2D eigenvalue weighted by Crippen LogP contribution is 2.42. The van der Waals surface area contributed by atoms with E-state index in [0.29, 0.717) is 11.8 Å². The van der Waals surface area contributed by atoms with Gasteiger partial charge in [-0.1, -0.05) is 109 Å². The fourth-order valence-corrected chi connectivity index (χ4v) is 6.07. The average molecular weight is 580 g/mol. The van der Waals surface area contributed by atoms with Gasteiger partial charge in [0.2, 0.25) is 0 Å². The van der Waals surface area contributed by atoms with E-state index in [1.54, 1.807) is 0 Å². The number of hydrogen-bond acceptors (Lipinski definition) is 3. The largest absolute Gasteiger partial charge is 0.507 e. The van der Waals surface area contributed by atoms with Gasteiger partial charge in [-0.25, -0.2) is 4.98 Å². The highest BCUT2D eigenvalue weighted by atomic mass is 16.3. The molecule has 0 bridgehead atoms. The summed E-state index contributed by atoms with van der Waals surface area (Å²) >= 11 is 0. The van der Waals surface area contributed by atoms with Crippen LogP contribution in [-0.2, 0) is 5.41 Å². The molecule has 1 N–H and O–H groups in total. The highest BCUT2D eigenvalue weighted by molar-refractivity contribution is 5.97. The van der Waals surface area contributed by atoms with E-state index >= 15 is 0 Å². The molecule has 0 spiro atoms. The molecule has 0 fully saturated rings. The van der Waals surface area contributed by atoms with Gasteiger partial charge >= 0.3 is 0 Å². The summed E-state index contributed by atoms with van der Waals surface area (Å²) < 4.78 is 2.30. The molecule has 0 saturated carbocycles. The number of phenolic OH excluding ortho intramolecular Hbond substituents is 1. The van der Waals surface area contributed by atoms with Crippen LogP contribution in [0.15, 0.2) is 103 Å². The van der Waals surface area contributed by atoms with Crippen LogP contribution in [-0.4, -0.2) is 19.6 Å². The van der Waals surface area contributed by atoms with Gasteiger partial charge in [-0.05, 0) is 75.9 Å². The number of imidazole rings is 1. The second kappa shape index (κ2) is 11.4. The zero-order chi connectivity index (χ0) is 31.2. The van der Waals surface area contributed by atoms with E-state index in [4.69, 9.17) is 4.98 Å². The van der Waals surface area contributed by atoms with Crippen LogP contribution in [0.1, 0.15) is 77.0 Å². The number of aromatic nitrogens is 3. The van der Waals surface area contributed by atoms with Gasteiger partial charge in [-0.15, -0.1) is 0 Å². The first-order valence-corrected chi connectivity index (χ1v) is 15.5. The van der Waals surface area contributed by atoms with E-state index in [0.717, 1.165) is 56.1 Å². The van der Waals surface area contributed by atoms with E-state index in [1.807, 2.05) is 36.5 Å². The Kier molecular flexibility index (Phi) is 7.63. The molecule has 4 aromatic carbocycles. The molecule has 2 heterocycles. The van der Waals surface area contributed by atoms with Crippen molar-refractivity contribution in [2.24, 2.45) is 0 Å². The molecule has 4 nitrogen and oxygen atoms in total. The smallest absolute Gasteiger partial charge is 0.149 e. The second-order valence-corrected chi connectivity index (χ2v) is 13.3. The topological polar surface area (TPSA) is 50.9 Å². The summed E-state index contributed by atoms with van der Waals surface area (Å²) in [5.74, 6) is 1.55. The number of nitrogens with zero attached hydrogens (tertiary/aromatic N) is 3. The van der Waals surface area contributed by atoms with Crippen LogP contribution < -0.4 is 0 Å². The molecular formula is C40H41N3O. The first-order valence-electron chi connectivity index (χ1n) is 15.5. The normalized spacial score (nSPS) is 12.0. The van der Waals surface area contributed by atoms with Crippen LogP contribution in [0.25, 0.3) is 50.5 Å². The minimum absolute atomic E-state index is 0.0880. The Hall–Kier alpha value is -4.70. The van der Waals surface area contributed by atoms with Crippen LogP contribution >= 0.6 is 0 Å². The van der Waals surface area contributed by atoms with Gasteiger partial charge < -0.3 is 5.11 Å². The van der Waals surface area contributed by atoms with Crippen molar-refractivity contribution in [3.8, 4) is 45.2 Å². The lowest BCUT2D eigenvalue weighted by Crippen LogP contribution is -2.12. The van der Waals surface area contributed by atoms with Gasteiger partial charge in [0.1, 0.15) is 11.6 Å². The third-order valence-corrected chi connectivity index (χ3v) is 8.49. The predicted octanol–water partition coefficient (Wildman–Crippen LogP) is 10.7. The van der Waals surface area contributed by atoms with Crippen LogP contribution in [0.3, 0.4) is 0 Å². The molecule has 0 amide bonds. The molecule has 222 valence electrons. The first kappa shape index (κ1) is 29.4. The molecule has 44 heavy (non-hydrogen) atoms. The number of aromatic hydroxyl groups is 1. The maximum absolute atomic E-state index is 11.4. The molecule has 2 aromatic heterocycles. The summed E-state index contributed by atoms with van der Waals surface area (Å²) in [6.45, 7) is 15.6. The number of pyridine rings is 1. The Bertz CT molecular complexity index is 1930. The molecule has 0 unspecified atom stereocenters. The fraction of sp³-hybridized carbons (Fsp3) is 0.250. The SMILES string of the molecule is CC(C)c1cccc(C(C)C)c1-n1c(-c2cc(C(C)(C)C)ccc2O)nc2c(-c3cccc(-c4ccccn4)c3)cccc21. The van der Waals surface area contributed by atoms with Crippen molar-refractivity contribution >= 4 is 11.0 Å². The zero-order valence-corrected chi connectivity index (χ0v) is 26.8. The molecule has 4 heteroatoms. The lowest BCUT2D eigenvalue weighted by Gasteiger charge is -2.24. The maximum atomic E-state index is 11.4. The van der Waals surface area contributed by atoms with E-state index in [2.05, 4.69) is 125 Å².